The highest BCUT2D eigenvalue weighted by molar-refractivity contribution is 4.70. The summed E-state index contributed by atoms with van der Waals surface area (Å²) in [5, 5.41) is 3.37. The van der Waals surface area contributed by atoms with Gasteiger partial charge in [0.25, 0.3) is 0 Å². The maximum Gasteiger partial charge on any atom is 0.0599 e. The van der Waals surface area contributed by atoms with Gasteiger partial charge in [0.1, 0.15) is 0 Å². The molecule has 2 aliphatic heterocycles. The average molecular weight is 241 g/mol. The molecule has 4 heteroatoms. The molecule has 0 unspecified atom stereocenters. The molecule has 0 aromatic rings. The molecule has 0 aromatic carbocycles. The number of piperazine rings is 1. The van der Waals surface area contributed by atoms with Gasteiger partial charge in [-0.2, -0.15) is 0 Å². The van der Waals surface area contributed by atoms with Crippen molar-refractivity contribution in [2.45, 2.75) is 25.4 Å². The second-order valence-corrected chi connectivity index (χ2v) is 5.32. The lowest BCUT2D eigenvalue weighted by Crippen LogP contribution is -2.44. The molecular formula is C13H27N3O. The van der Waals surface area contributed by atoms with Crippen LogP contribution in [0.1, 0.15) is 19.3 Å². The van der Waals surface area contributed by atoms with E-state index in [1.165, 1.54) is 52.0 Å². The number of hydrogen-bond donors (Lipinski definition) is 1. The zero-order chi connectivity index (χ0) is 11.9. The van der Waals surface area contributed by atoms with Gasteiger partial charge in [0, 0.05) is 39.3 Å². The highest BCUT2D eigenvalue weighted by atomic mass is 16.5. The fourth-order valence-electron chi connectivity index (χ4n) is 2.57. The van der Waals surface area contributed by atoms with E-state index in [1.807, 2.05) is 0 Å². The Morgan fingerprint density at radius 3 is 2.53 bits per heavy atom. The monoisotopic (exact) mass is 241 g/mol. The molecule has 4 nitrogen and oxygen atoms in total. The van der Waals surface area contributed by atoms with Crippen LogP contribution in [-0.4, -0.2) is 75.4 Å². The van der Waals surface area contributed by atoms with Crippen LogP contribution >= 0.6 is 0 Å². The second kappa shape index (κ2) is 7.31. The van der Waals surface area contributed by atoms with Gasteiger partial charge in [0.05, 0.1) is 6.10 Å². The first-order valence-electron chi connectivity index (χ1n) is 7.08. The summed E-state index contributed by atoms with van der Waals surface area (Å²) in [5.74, 6) is 0. The van der Waals surface area contributed by atoms with Crippen molar-refractivity contribution < 1.29 is 4.74 Å². The van der Waals surface area contributed by atoms with Crippen molar-refractivity contribution in [2.24, 2.45) is 0 Å². The number of nitrogens with zero attached hydrogens (tertiary/aromatic N) is 2. The van der Waals surface area contributed by atoms with Crippen molar-refractivity contribution in [3.63, 3.8) is 0 Å². The molecule has 0 bridgehead atoms. The van der Waals surface area contributed by atoms with Crippen molar-refractivity contribution >= 4 is 0 Å². The zero-order valence-corrected chi connectivity index (χ0v) is 11.2. The lowest BCUT2D eigenvalue weighted by molar-refractivity contribution is 0.0258. The largest absolute Gasteiger partial charge is 0.378 e. The molecule has 100 valence electrons. The van der Waals surface area contributed by atoms with Gasteiger partial charge in [-0.1, -0.05) is 0 Å². The Morgan fingerprint density at radius 2 is 1.82 bits per heavy atom. The Bertz CT molecular complexity index is 199. The van der Waals surface area contributed by atoms with Gasteiger partial charge in [-0.25, -0.2) is 0 Å². The van der Waals surface area contributed by atoms with E-state index in [2.05, 4.69) is 22.2 Å². The summed E-state index contributed by atoms with van der Waals surface area (Å²) in [6.45, 7) is 9.29. The number of likely N-dealkylation sites (N-methyl/N-ethyl adjacent to an activating group) is 1. The van der Waals surface area contributed by atoms with Crippen molar-refractivity contribution in [1.29, 1.82) is 0 Å². The van der Waals surface area contributed by atoms with E-state index in [9.17, 15) is 0 Å². The maximum atomic E-state index is 5.92. The molecule has 1 N–H and O–H groups in total. The number of rotatable bonds is 5. The van der Waals surface area contributed by atoms with Crippen LogP contribution in [0.15, 0.2) is 0 Å². The lowest BCUT2D eigenvalue weighted by Gasteiger charge is -2.32. The van der Waals surface area contributed by atoms with E-state index in [0.29, 0.717) is 6.10 Å². The van der Waals surface area contributed by atoms with Gasteiger partial charge < -0.3 is 19.9 Å². The highest BCUT2D eigenvalue weighted by Crippen LogP contribution is 2.08. The number of ether oxygens (including phenoxy) is 1. The average Bonchev–Trinajstić information content (AvgIpc) is 2.38. The third kappa shape index (κ3) is 4.92. The SMILES string of the molecule is CN1CCN(CCCOC2CCNCC2)CC1. The van der Waals surface area contributed by atoms with E-state index < -0.39 is 0 Å². The Morgan fingerprint density at radius 1 is 1.12 bits per heavy atom. The standard InChI is InChI=1S/C13H27N3O/c1-15-8-10-16(11-9-15)7-2-12-17-13-3-5-14-6-4-13/h13-14H,2-12H2,1H3. The summed E-state index contributed by atoms with van der Waals surface area (Å²) in [6.07, 6.45) is 4.08. The summed E-state index contributed by atoms with van der Waals surface area (Å²) in [4.78, 5) is 4.97. The summed E-state index contributed by atoms with van der Waals surface area (Å²) >= 11 is 0. The van der Waals surface area contributed by atoms with E-state index >= 15 is 0 Å². The summed E-state index contributed by atoms with van der Waals surface area (Å²) < 4.78 is 5.92. The number of piperidine rings is 1. The molecule has 2 fully saturated rings. The van der Waals surface area contributed by atoms with Crippen LogP contribution in [0.5, 0.6) is 0 Å². The van der Waals surface area contributed by atoms with Crippen LogP contribution in [0, 0.1) is 0 Å². The van der Waals surface area contributed by atoms with Crippen molar-refractivity contribution in [3.8, 4) is 0 Å². The molecule has 17 heavy (non-hydrogen) atoms. The number of nitrogens with one attached hydrogen (secondary N) is 1. The fraction of sp³-hybridized carbons (Fsp3) is 1.00. The third-order valence-corrected chi connectivity index (χ3v) is 3.85. The molecule has 2 heterocycles. The Labute approximate surface area is 105 Å². The first kappa shape index (κ1) is 13.3. The fourth-order valence-corrected chi connectivity index (χ4v) is 2.57. The van der Waals surface area contributed by atoms with Crippen LogP contribution in [0.3, 0.4) is 0 Å². The van der Waals surface area contributed by atoms with Crippen LogP contribution < -0.4 is 5.32 Å². The van der Waals surface area contributed by atoms with E-state index in [-0.39, 0.29) is 0 Å². The van der Waals surface area contributed by atoms with E-state index in [4.69, 9.17) is 4.74 Å². The summed E-state index contributed by atoms with van der Waals surface area (Å²) in [7, 11) is 2.21. The third-order valence-electron chi connectivity index (χ3n) is 3.85. The molecular weight excluding hydrogens is 214 g/mol. The maximum absolute atomic E-state index is 5.92. The van der Waals surface area contributed by atoms with E-state index in [1.54, 1.807) is 0 Å². The van der Waals surface area contributed by atoms with Gasteiger partial charge in [-0.3, -0.25) is 0 Å². The molecule has 0 radical (unpaired) electrons. The van der Waals surface area contributed by atoms with Gasteiger partial charge in [0.2, 0.25) is 0 Å². The molecule has 2 saturated heterocycles. The van der Waals surface area contributed by atoms with Crippen molar-refractivity contribution in [2.75, 3.05) is 59.5 Å². The molecule has 0 aromatic heterocycles. The zero-order valence-electron chi connectivity index (χ0n) is 11.2. The Hall–Kier alpha value is -0.160. The second-order valence-electron chi connectivity index (χ2n) is 5.32. The molecule has 0 atom stereocenters. The molecule has 0 spiro atoms. The first-order valence-corrected chi connectivity index (χ1v) is 7.08. The molecule has 0 amide bonds. The number of hydrogen-bond acceptors (Lipinski definition) is 4. The molecule has 0 aliphatic carbocycles. The van der Waals surface area contributed by atoms with Gasteiger partial charge in [-0.05, 0) is 39.4 Å². The predicted octanol–water partition coefficient (Wildman–Crippen LogP) is 0.393. The predicted molar refractivity (Wildman–Crippen MR) is 70.4 cm³/mol. The van der Waals surface area contributed by atoms with Crippen LogP contribution in [0.25, 0.3) is 0 Å². The van der Waals surface area contributed by atoms with Gasteiger partial charge >= 0.3 is 0 Å². The Balaban J connectivity index is 1.48. The first-order chi connectivity index (χ1) is 8.34. The van der Waals surface area contributed by atoms with Crippen molar-refractivity contribution in [3.05, 3.63) is 0 Å². The lowest BCUT2D eigenvalue weighted by atomic mass is 10.1. The minimum atomic E-state index is 0.517. The topological polar surface area (TPSA) is 27.7 Å². The summed E-state index contributed by atoms with van der Waals surface area (Å²) in [6, 6.07) is 0. The normalized spacial score (nSPS) is 25.2. The van der Waals surface area contributed by atoms with Crippen LogP contribution in [0.2, 0.25) is 0 Å². The molecule has 0 saturated carbocycles. The smallest absolute Gasteiger partial charge is 0.0599 e. The summed E-state index contributed by atoms with van der Waals surface area (Å²) in [5.41, 5.74) is 0. The Kier molecular flexibility index (Phi) is 5.71. The van der Waals surface area contributed by atoms with Gasteiger partial charge in [0.15, 0.2) is 0 Å². The van der Waals surface area contributed by atoms with Crippen LogP contribution in [-0.2, 0) is 4.74 Å². The minimum absolute atomic E-state index is 0.517. The minimum Gasteiger partial charge on any atom is -0.378 e. The van der Waals surface area contributed by atoms with Crippen molar-refractivity contribution in [1.82, 2.24) is 15.1 Å². The van der Waals surface area contributed by atoms with E-state index in [0.717, 1.165) is 19.7 Å². The molecule has 2 rings (SSSR count). The van der Waals surface area contributed by atoms with Gasteiger partial charge in [-0.15, -0.1) is 0 Å². The highest BCUT2D eigenvalue weighted by Gasteiger charge is 2.15. The quantitative estimate of drug-likeness (QED) is 0.705. The molecule has 2 aliphatic rings. The van der Waals surface area contributed by atoms with Crippen LogP contribution in [0.4, 0.5) is 0 Å².